The van der Waals surface area contributed by atoms with E-state index in [-0.39, 0.29) is 12.2 Å². The molecule has 0 radical (unpaired) electrons. The third kappa shape index (κ3) is 3.17. The zero-order valence-electron chi connectivity index (χ0n) is 14.6. The van der Waals surface area contributed by atoms with Crippen LogP contribution in [0.4, 0.5) is 0 Å². The molecule has 1 aromatic carbocycles. The molecule has 2 aliphatic rings. The number of nitrogens with zero attached hydrogens (tertiary/aromatic N) is 3. The number of aliphatic hydroxyl groups is 1. The van der Waals surface area contributed by atoms with Gasteiger partial charge in [-0.1, -0.05) is 24.8 Å². The summed E-state index contributed by atoms with van der Waals surface area (Å²) in [5, 5.41) is 10.7. The number of thioether (sulfide) groups is 1. The number of hydrogen-bond donors (Lipinski definition) is 2. The van der Waals surface area contributed by atoms with E-state index >= 15 is 0 Å². The lowest BCUT2D eigenvalue weighted by molar-refractivity contribution is 0.0632. The summed E-state index contributed by atoms with van der Waals surface area (Å²) in [5.41, 5.74) is 8.66. The molecule has 7 heteroatoms. The predicted molar refractivity (Wildman–Crippen MR) is 103 cm³/mol. The SMILES string of the molecule is CCC(O)CC1CC2(CSC(N)=N2)c2cc(-c3cncnc3)ccc2O1. The highest BCUT2D eigenvalue weighted by atomic mass is 32.2. The Balaban J connectivity index is 1.75. The van der Waals surface area contributed by atoms with E-state index in [2.05, 4.69) is 16.0 Å². The first-order valence-corrected chi connectivity index (χ1v) is 9.81. The largest absolute Gasteiger partial charge is 0.490 e. The van der Waals surface area contributed by atoms with Crippen LogP contribution in [-0.2, 0) is 5.54 Å². The first-order chi connectivity index (χ1) is 12.6. The quantitative estimate of drug-likeness (QED) is 0.859. The number of ether oxygens (including phenoxy) is 1. The maximum Gasteiger partial charge on any atom is 0.154 e. The summed E-state index contributed by atoms with van der Waals surface area (Å²) >= 11 is 1.58. The third-order valence-electron chi connectivity index (χ3n) is 5.02. The fourth-order valence-corrected chi connectivity index (χ4v) is 4.61. The fourth-order valence-electron chi connectivity index (χ4n) is 3.64. The van der Waals surface area contributed by atoms with Gasteiger partial charge < -0.3 is 15.6 Å². The van der Waals surface area contributed by atoms with Crippen molar-refractivity contribution in [3.8, 4) is 16.9 Å². The van der Waals surface area contributed by atoms with E-state index in [0.29, 0.717) is 18.0 Å². The third-order valence-corrected chi connectivity index (χ3v) is 6.03. The number of fused-ring (bicyclic) bond motifs is 2. The van der Waals surface area contributed by atoms with Crippen LogP contribution in [0, 0.1) is 0 Å². The summed E-state index contributed by atoms with van der Waals surface area (Å²) in [4.78, 5) is 13.0. The van der Waals surface area contributed by atoms with Crippen molar-refractivity contribution in [2.45, 2.75) is 43.9 Å². The average Bonchev–Trinajstić information content (AvgIpc) is 3.03. The molecular formula is C19H22N4O2S. The van der Waals surface area contributed by atoms with Crippen molar-refractivity contribution < 1.29 is 9.84 Å². The topological polar surface area (TPSA) is 93.6 Å². The highest BCUT2D eigenvalue weighted by molar-refractivity contribution is 8.14. The lowest BCUT2D eigenvalue weighted by Gasteiger charge is -2.38. The van der Waals surface area contributed by atoms with E-state index in [0.717, 1.165) is 34.6 Å². The summed E-state index contributed by atoms with van der Waals surface area (Å²) < 4.78 is 6.21. The molecular weight excluding hydrogens is 348 g/mol. The minimum absolute atomic E-state index is 0.0707. The molecule has 0 bridgehead atoms. The van der Waals surface area contributed by atoms with Crippen LogP contribution in [0.15, 0.2) is 41.9 Å². The van der Waals surface area contributed by atoms with Gasteiger partial charge in [-0.3, -0.25) is 4.99 Å². The zero-order chi connectivity index (χ0) is 18.1. The van der Waals surface area contributed by atoms with Crippen LogP contribution >= 0.6 is 11.8 Å². The van der Waals surface area contributed by atoms with Crippen LogP contribution in [0.25, 0.3) is 11.1 Å². The lowest BCUT2D eigenvalue weighted by atomic mass is 9.81. The first-order valence-electron chi connectivity index (χ1n) is 8.82. The van der Waals surface area contributed by atoms with E-state index in [4.69, 9.17) is 15.5 Å². The van der Waals surface area contributed by atoms with Gasteiger partial charge >= 0.3 is 0 Å². The van der Waals surface area contributed by atoms with Crippen molar-refractivity contribution in [2.75, 3.05) is 5.75 Å². The monoisotopic (exact) mass is 370 g/mol. The lowest BCUT2D eigenvalue weighted by Crippen LogP contribution is -2.39. The van der Waals surface area contributed by atoms with Gasteiger partial charge in [0.1, 0.15) is 23.7 Å². The van der Waals surface area contributed by atoms with Crippen LogP contribution < -0.4 is 10.5 Å². The zero-order valence-corrected chi connectivity index (χ0v) is 15.4. The molecule has 26 heavy (non-hydrogen) atoms. The van der Waals surface area contributed by atoms with Gasteiger partial charge in [0, 0.05) is 42.1 Å². The molecule has 3 heterocycles. The number of amidine groups is 1. The Hall–Kier alpha value is -2.12. The van der Waals surface area contributed by atoms with Gasteiger partial charge in [0.25, 0.3) is 0 Å². The molecule has 0 fully saturated rings. The van der Waals surface area contributed by atoms with Crippen LogP contribution in [0.1, 0.15) is 31.7 Å². The molecule has 2 aromatic rings. The second kappa shape index (κ2) is 6.89. The number of aromatic nitrogens is 2. The number of rotatable bonds is 4. The molecule has 3 N–H and O–H groups in total. The maximum atomic E-state index is 10.1. The van der Waals surface area contributed by atoms with Crippen molar-refractivity contribution in [1.29, 1.82) is 0 Å². The van der Waals surface area contributed by atoms with Crippen molar-refractivity contribution in [3.63, 3.8) is 0 Å². The van der Waals surface area contributed by atoms with Gasteiger partial charge in [-0.05, 0) is 24.1 Å². The molecule has 4 rings (SSSR count). The van der Waals surface area contributed by atoms with E-state index < -0.39 is 5.54 Å². The molecule has 1 aromatic heterocycles. The predicted octanol–water partition coefficient (Wildman–Crippen LogP) is 2.71. The van der Waals surface area contributed by atoms with Gasteiger partial charge in [0.05, 0.1) is 6.10 Å². The summed E-state index contributed by atoms with van der Waals surface area (Å²) in [6.45, 7) is 1.98. The van der Waals surface area contributed by atoms with Crippen molar-refractivity contribution in [2.24, 2.45) is 10.7 Å². The molecule has 3 atom stereocenters. The Morgan fingerprint density at radius 2 is 2.15 bits per heavy atom. The van der Waals surface area contributed by atoms with E-state index in [9.17, 15) is 5.11 Å². The van der Waals surface area contributed by atoms with Crippen molar-refractivity contribution in [3.05, 3.63) is 42.5 Å². The number of aliphatic hydroxyl groups excluding tert-OH is 1. The van der Waals surface area contributed by atoms with Crippen LogP contribution in [0.3, 0.4) is 0 Å². The van der Waals surface area contributed by atoms with Gasteiger partial charge in [0.15, 0.2) is 5.17 Å². The van der Waals surface area contributed by atoms with E-state index in [1.165, 1.54) is 6.33 Å². The number of hydrogen-bond acceptors (Lipinski definition) is 7. The Kier molecular flexibility index (Phi) is 4.58. The van der Waals surface area contributed by atoms with Gasteiger partial charge in [-0.25, -0.2) is 9.97 Å². The normalized spacial score (nSPS) is 25.5. The standard InChI is InChI=1S/C19H22N4O2S/c1-2-14(24)6-15-7-19(10-26-18(20)23-19)16-5-12(3-4-17(16)25-15)13-8-21-11-22-9-13/h3-5,8-9,11,14-15,24H,2,6-7,10H2,1H3,(H2,20,23). The summed E-state index contributed by atoms with van der Waals surface area (Å²) in [6.07, 6.45) is 6.72. The Bertz CT molecular complexity index is 830. The highest BCUT2D eigenvalue weighted by Gasteiger charge is 2.45. The number of nitrogens with two attached hydrogens (primary N) is 1. The smallest absolute Gasteiger partial charge is 0.154 e. The number of benzene rings is 1. The summed E-state index contributed by atoms with van der Waals surface area (Å²) in [7, 11) is 0. The second-order valence-corrected chi connectivity index (χ2v) is 7.85. The molecule has 3 unspecified atom stereocenters. The molecule has 0 aliphatic carbocycles. The minimum atomic E-state index is -0.397. The first kappa shape index (κ1) is 17.3. The Morgan fingerprint density at radius 1 is 1.35 bits per heavy atom. The summed E-state index contributed by atoms with van der Waals surface area (Å²) in [6, 6.07) is 6.11. The number of aliphatic imine (C=N–C) groups is 1. The van der Waals surface area contributed by atoms with Gasteiger partial charge in [-0.2, -0.15) is 0 Å². The van der Waals surface area contributed by atoms with Crippen molar-refractivity contribution in [1.82, 2.24) is 9.97 Å². The molecule has 2 aliphatic heterocycles. The van der Waals surface area contributed by atoms with Crippen LogP contribution in [-0.4, -0.2) is 38.2 Å². The van der Waals surface area contributed by atoms with Crippen LogP contribution in [0.5, 0.6) is 5.75 Å². The molecule has 0 saturated heterocycles. The maximum absolute atomic E-state index is 10.1. The fraction of sp³-hybridized carbons (Fsp3) is 0.421. The Morgan fingerprint density at radius 3 is 2.85 bits per heavy atom. The minimum Gasteiger partial charge on any atom is -0.490 e. The highest BCUT2D eigenvalue weighted by Crippen LogP contribution is 2.49. The van der Waals surface area contributed by atoms with Crippen LogP contribution in [0.2, 0.25) is 0 Å². The molecule has 0 saturated carbocycles. The molecule has 6 nitrogen and oxygen atoms in total. The second-order valence-electron chi connectivity index (χ2n) is 6.85. The molecule has 136 valence electrons. The van der Waals surface area contributed by atoms with Gasteiger partial charge in [-0.15, -0.1) is 0 Å². The van der Waals surface area contributed by atoms with E-state index in [1.54, 1.807) is 24.2 Å². The van der Waals surface area contributed by atoms with Gasteiger partial charge in [0.2, 0.25) is 0 Å². The average molecular weight is 370 g/mol. The summed E-state index contributed by atoms with van der Waals surface area (Å²) in [5.74, 6) is 1.62. The van der Waals surface area contributed by atoms with Crippen molar-refractivity contribution >= 4 is 16.9 Å². The van der Waals surface area contributed by atoms with E-state index in [1.807, 2.05) is 19.1 Å². The molecule has 1 spiro atoms. The molecule has 0 amide bonds. The Labute approximate surface area is 156 Å².